The van der Waals surface area contributed by atoms with Crippen molar-refractivity contribution in [3.63, 3.8) is 0 Å². The summed E-state index contributed by atoms with van der Waals surface area (Å²) in [5, 5.41) is 16.5. The van der Waals surface area contributed by atoms with Crippen molar-refractivity contribution in [2.45, 2.75) is 26.3 Å². The normalized spacial score (nSPS) is 10.0. The summed E-state index contributed by atoms with van der Waals surface area (Å²) in [6.07, 6.45) is 0.286. The molecule has 0 aliphatic rings. The Bertz CT molecular complexity index is 917. The molecule has 0 fully saturated rings. The van der Waals surface area contributed by atoms with Crippen LogP contribution in [0, 0.1) is 11.3 Å². The lowest BCUT2D eigenvalue weighted by Crippen LogP contribution is -2.34. The Morgan fingerprint density at radius 2 is 1.72 bits per heavy atom. The van der Waals surface area contributed by atoms with Crippen LogP contribution in [0.1, 0.15) is 29.8 Å². The van der Waals surface area contributed by atoms with E-state index in [1.165, 1.54) is 6.07 Å². The zero-order valence-electron chi connectivity index (χ0n) is 16.2. The molecule has 29 heavy (non-hydrogen) atoms. The molecule has 2 aromatic rings. The molecule has 0 heterocycles. The van der Waals surface area contributed by atoms with Crippen molar-refractivity contribution in [3.8, 4) is 6.07 Å². The first-order valence-corrected chi connectivity index (χ1v) is 8.98. The molecule has 8 nitrogen and oxygen atoms in total. The third-order valence-corrected chi connectivity index (χ3v) is 3.67. The number of nitrogens with zero attached hydrogens (tertiary/aromatic N) is 1. The fourth-order valence-corrected chi connectivity index (χ4v) is 2.39. The van der Waals surface area contributed by atoms with Gasteiger partial charge in [-0.15, -0.1) is 0 Å². The van der Waals surface area contributed by atoms with E-state index in [0.717, 1.165) is 5.56 Å². The number of benzene rings is 2. The molecular weight excluding hydrogens is 372 g/mol. The minimum atomic E-state index is -0.732. The van der Waals surface area contributed by atoms with Crippen molar-refractivity contribution in [1.82, 2.24) is 5.32 Å². The van der Waals surface area contributed by atoms with Crippen molar-refractivity contribution < 1.29 is 19.1 Å². The summed E-state index contributed by atoms with van der Waals surface area (Å²) in [5.41, 5.74) is 1.78. The van der Waals surface area contributed by atoms with E-state index < -0.39 is 24.5 Å². The first kappa shape index (κ1) is 21.4. The maximum absolute atomic E-state index is 12.3. The second-order valence-corrected chi connectivity index (χ2v) is 6.45. The van der Waals surface area contributed by atoms with Gasteiger partial charge in [0.15, 0.2) is 6.61 Å². The van der Waals surface area contributed by atoms with E-state index in [0.29, 0.717) is 5.69 Å². The number of amides is 3. The van der Waals surface area contributed by atoms with Crippen LogP contribution in [0.5, 0.6) is 0 Å². The molecule has 3 N–H and O–H groups in total. The number of urea groups is 1. The summed E-state index contributed by atoms with van der Waals surface area (Å²) < 4.78 is 5.06. The standard InChI is InChI=1S/C21H22N4O4/c1-14(2)23-21(28)25-18-6-4-3-5-17(18)20(27)29-13-19(26)24-16-9-7-15(8-10-16)11-12-22/h3-10,14H,11,13H2,1-2H3,(H,24,26)(H2,23,25,28). The van der Waals surface area contributed by atoms with Gasteiger partial charge in [0, 0.05) is 11.7 Å². The monoisotopic (exact) mass is 394 g/mol. The molecule has 0 aromatic heterocycles. The maximum atomic E-state index is 12.3. The van der Waals surface area contributed by atoms with Gasteiger partial charge in [0.1, 0.15) is 0 Å². The molecule has 2 aromatic carbocycles. The number of hydrogen-bond donors (Lipinski definition) is 3. The first-order chi connectivity index (χ1) is 13.9. The zero-order chi connectivity index (χ0) is 21.2. The average molecular weight is 394 g/mol. The third-order valence-electron chi connectivity index (χ3n) is 3.67. The van der Waals surface area contributed by atoms with Crippen molar-refractivity contribution in [2.24, 2.45) is 0 Å². The van der Waals surface area contributed by atoms with E-state index >= 15 is 0 Å². The number of esters is 1. The van der Waals surface area contributed by atoms with Gasteiger partial charge in [0.2, 0.25) is 0 Å². The Hall–Kier alpha value is -3.86. The Labute approximate surface area is 168 Å². The second kappa shape index (κ2) is 10.5. The van der Waals surface area contributed by atoms with E-state index in [1.807, 2.05) is 19.9 Å². The Balaban J connectivity index is 1.92. The topological polar surface area (TPSA) is 120 Å². The highest BCUT2D eigenvalue weighted by atomic mass is 16.5. The van der Waals surface area contributed by atoms with E-state index in [-0.39, 0.29) is 23.7 Å². The number of para-hydroxylation sites is 1. The molecule has 8 heteroatoms. The minimum absolute atomic E-state index is 0.0632. The number of ether oxygens (including phenoxy) is 1. The molecule has 0 saturated heterocycles. The molecule has 0 unspecified atom stereocenters. The van der Waals surface area contributed by atoms with Gasteiger partial charge in [0.05, 0.1) is 23.7 Å². The summed E-state index contributed by atoms with van der Waals surface area (Å²) in [5.74, 6) is -1.24. The van der Waals surface area contributed by atoms with E-state index in [2.05, 4.69) is 16.0 Å². The third kappa shape index (κ3) is 6.99. The number of carbonyl (C=O) groups excluding carboxylic acids is 3. The smallest absolute Gasteiger partial charge is 0.340 e. The number of anilines is 2. The van der Waals surface area contributed by atoms with Crippen molar-refractivity contribution >= 4 is 29.3 Å². The van der Waals surface area contributed by atoms with Gasteiger partial charge in [-0.25, -0.2) is 9.59 Å². The number of nitrogens with one attached hydrogen (secondary N) is 3. The molecule has 0 aliphatic carbocycles. The highest BCUT2D eigenvalue weighted by molar-refractivity contribution is 6.02. The summed E-state index contributed by atoms with van der Waals surface area (Å²) >= 11 is 0. The molecule has 0 radical (unpaired) electrons. The molecule has 0 atom stereocenters. The maximum Gasteiger partial charge on any atom is 0.340 e. The van der Waals surface area contributed by atoms with E-state index in [1.54, 1.807) is 42.5 Å². The largest absolute Gasteiger partial charge is 0.452 e. The first-order valence-electron chi connectivity index (χ1n) is 8.98. The van der Waals surface area contributed by atoms with Crippen LogP contribution in [0.15, 0.2) is 48.5 Å². The lowest BCUT2D eigenvalue weighted by atomic mass is 10.1. The highest BCUT2D eigenvalue weighted by Gasteiger charge is 2.16. The van der Waals surface area contributed by atoms with Crippen LogP contribution in [0.3, 0.4) is 0 Å². The Morgan fingerprint density at radius 1 is 1.03 bits per heavy atom. The Kier molecular flexibility index (Phi) is 7.74. The van der Waals surface area contributed by atoms with Gasteiger partial charge in [-0.3, -0.25) is 4.79 Å². The van der Waals surface area contributed by atoms with Gasteiger partial charge >= 0.3 is 12.0 Å². The molecule has 0 spiro atoms. The molecular formula is C21H22N4O4. The fourth-order valence-electron chi connectivity index (χ4n) is 2.39. The zero-order valence-corrected chi connectivity index (χ0v) is 16.2. The minimum Gasteiger partial charge on any atom is -0.452 e. The van der Waals surface area contributed by atoms with Crippen LogP contribution in [-0.4, -0.2) is 30.6 Å². The predicted octanol–water partition coefficient (Wildman–Crippen LogP) is 3.08. The quantitative estimate of drug-likeness (QED) is 0.623. The van der Waals surface area contributed by atoms with Crippen LogP contribution >= 0.6 is 0 Å². The van der Waals surface area contributed by atoms with Crippen LogP contribution < -0.4 is 16.0 Å². The summed E-state index contributed by atoms with van der Waals surface area (Å²) in [7, 11) is 0. The lowest BCUT2D eigenvalue weighted by Gasteiger charge is -2.13. The van der Waals surface area contributed by atoms with E-state index in [9.17, 15) is 14.4 Å². The SMILES string of the molecule is CC(C)NC(=O)Nc1ccccc1C(=O)OCC(=O)Nc1ccc(CC#N)cc1. The molecule has 150 valence electrons. The summed E-state index contributed by atoms with van der Waals surface area (Å²) in [4.78, 5) is 36.2. The van der Waals surface area contributed by atoms with Crippen molar-refractivity contribution in [3.05, 3.63) is 59.7 Å². The molecule has 0 saturated carbocycles. The van der Waals surface area contributed by atoms with Gasteiger partial charge in [-0.05, 0) is 43.7 Å². The highest BCUT2D eigenvalue weighted by Crippen LogP contribution is 2.16. The summed E-state index contributed by atoms with van der Waals surface area (Å²) in [6.45, 7) is 3.15. The average Bonchev–Trinajstić information content (AvgIpc) is 2.67. The Morgan fingerprint density at radius 3 is 2.38 bits per heavy atom. The van der Waals surface area contributed by atoms with Crippen LogP contribution in [0.2, 0.25) is 0 Å². The van der Waals surface area contributed by atoms with Gasteiger partial charge in [-0.2, -0.15) is 5.26 Å². The number of carbonyl (C=O) groups is 3. The number of nitriles is 1. The number of hydrogen-bond acceptors (Lipinski definition) is 5. The predicted molar refractivity (Wildman–Crippen MR) is 108 cm³/mol. The second-order valence-electron chi connectivity index (χ2n) is 6.45. The van der Waals surface area contributed by atoms with Gasteiger partial charge in [-0.1, -0.05) is 24.3 Å². The van der Waals surface area contributed by atoms with Gasteiger partial charge < -0.3 is 20.7 Å². The van der Waals surface area contributed by atoms with E-state index in [4.69, 9.17) is 10.00 Å². The summed E-state index contributed by atoms with van der Waals surface area (Å²) in [6, 6.07) is 14.7. The van der Waals surface area contributed by atoms with Gasteiger partial charge in [0.25, 0.3) is 5.91 Å². The van der Waals surface area contributed by atoms with Crippen molar-refractivity contribution in [1.29, 1.82) is 5.26 Å². The number of rotatable bonds is 7. The lowest BCUT2D eigenvalue weighted by molar-refractivity contribution is -0.119. The van der Waals surface area contributed by atoms with Crippen molar-refractivity contribution in [2.75, 3.05) is 17.2 Å². The molecule has 2 rings (SSSR count). The fraction of sp³-hybridized carbons (Fsp3) is 0.238. The molecule has 0 bridgehead atoms. The van der Waals surface area contributed by atoms with Crippen LogP contribution in [0.25, 0.3) is 0 Å². The molecule has 3 amide bonds. The van der Waals surface area contributed by atoms with Crippen LogP contribution in [-0.2, 0) is 16.0 Å². The molecule has 0 aliphatic heterocycles. The van der Waals surface area contributed by atoms with Crippen LogP contribution in [0.4, 0.5) is 16.2 Å².